The van der Waals surface area contributed by atoms with Crippen LogP contribution < -0.4 is 10.0 Å². The van der Waals surface area contributed by atoms with E-state index in [-0.39, 0.29) is 13.1 Å². The van der Waals surface area contributed by atoms with Crippen molar-refractivity contribution in [1.82, 2.24) is 10.0 Å². The normalized spacial score (nSPS) is 11.8. The maximum atomic E-state index is 13.8. The van der Waals surface area contributed by atoms with E-state index in [9.17, 15) is 17.2 Å². The molecule has 0 atom stereocenters. The van der Waals surface area contributed by atoms with E-state index >= 15 is 0 Å². The van der Waals surface area contributed by atoms with Crippen molar-refractivity contribution in [2.45, 2.75) is 18.0 Å². The van der Waals surface area contributed by atoms with E-state index in [0.29, 0.717) is 5.56 Å². The summed E-state index contributed by atoms with van der Waals surface area (Å²) in [6.45, 7) is 0.271. The van der Waals surface area contributed by atoms with Crippen LogP contribution in [-0.4, -0.2) is 15.5 Å². The molecule has 1 aromatic carbocycles. The van der Waals surface area contributed by atoms with Gasteiger partial charge in [-0.05, 0) is 47.1 Å². The highest BCUT2D eigenvalue weighted by Crippen LogP contribution is 2.20. The lowest BCUT2D eigenvalue weighted by Gasteiger charge is -2.10. The van der Waals surface area contributed by atoms with Crippen molar-refractivity contribution in [2.75, 3.05) is 7.05 Å². The third kappa shape index (κ3) is 3.85. The van der Waals surface area contributed by atoms with Crippen molar-refractivity contribution in [1.29, 1.82) is 0 Å². The van der Waals surface area contributed by atoms with Gasteiger partial charge < -0.3 is 5.32 Å². The predicted octanol–water partition coefficient (Wildman–Crippen LogP) is 2.22. The Morgan fingerprint density at radius 3 is 2.57 bits per heavy atom. The Bertz CT molecular complexity index is 716. The molecule has 0 aliphatic heterocycles. The Morgan fingerprint density at radius 2 is 1.95 bits per heavy atom. The molecule has 0 radical (unpaired) electrons. The van der Waals surface area contributed by atoms with Crippen molar-refractivity contribution < 1.29 is 17.2 Å². The van der Waals surface area contributed by atoms with Gasteiger partial charge in [0.1, 0.15) is 4.90 Å². The fourth-order valence-electron chi connectivity index (χ4n) is 1.77. The molecule has 21 heavy (non-hydrogen) atoms. The number of rotatable bonds is 6. The van der Waals surface area contributed by atoms with Crippen molar-refractivity contribution in [3.05, 3.63) is 51.7 Å². The second-order valence-corrected chi connectivity index (χ2v) is 6.89. The molecule has 0 saturated carbocycles. The lowest BCUT2D eigenvalue weighted by atomic mass is 10.2. The first-order valence-corrected chi connectivity index (χ1v) is 8.50. The lowest BCUT2D eigenvalue weighted by Crippen LogP contribution is -2.24. The maximum absolute atomic E-state index is 13.8. The van der Waals surface area contributed by atoms with Crippen LogP contribution in [0.25, 0.3) is 0 Å². The second-order valence-electron chi connectivity index (χ2n) is 4.38. The van der Waals surface area contributed by atoms with Gasteiger partial charge >= 0.3 is 0 Å². The van der Waals surface area contributed by atoms with Crippen LogP contribution in [0.15, 0.2) is 33.9 Å². The molecule has 8 heteroatoms. The van der Waals surface area contributed by atoms with Gasteiger partial charge in [0.15, 0.2) is 11.6 Å². The third-order valence-corrected chi connectivity index (χ3v) is 4.90. The number of halogens is 2. The van der Waals surface area contributed by atoms with E-state index in [1.54, 1.807) is 23.9 Å². The summed E-state index contributed by atoms with van der Waals surface area (Å²) >= 11 is 1.42. The van der Waals surface area contributed by atoms with Crippen LogP contribution in [0.4, 0.5) is 8.78 Å². The minimum Gasteiger partial charge on any atom is -0.316 e. The topological polar surface area (TPSA) is 58.2 Å². The summed E-state index contributed by atoms with van der Waals surface area (Å²) < 4.78 is 53.8. The van der Waals surface area contributed by atoms with Gasteiger partial charge in [0.05, 0.1) is 0 Å². The standard InChI is InChI=1S/C13H14F2N2O2S2/c1-16-6-10-4-11(14)13(15)12(5-10)21(18,19)17-7-9-2-3-20-8-9/h2-5,8,16-17H,6-7H2,1H3. The van der Waals surface area contributed by atoms with Crippen molar-refractivity contribution in [3.8, 4) is 0 Å². The Morgan fingerprint density at radius 1 is 1.19 bits per heavy atom. The molecule has 0 aliphatic rings. The van der Waals surface area contributed by atoms with Crippen LogP contribution in [0.1, 0.15) is 11.1 Å². The molecule has 0 fully saturated rings. The van der Waals surface area contributed by atoms with Gasteiger partial charge in [-0.2, -0.15) is 11.3 Å². The zero-order valence-corrected chi connectivity index (χ0v) is 12.8. The highest BCUT2D eigenvalue weighted by atomic mass is 32.2. The molecular formula is C13H14F2N2O2S2. The molecule has 0 amide bonds. The Labute approximate surface area is 125 Å². The average Bonchev–Trinajstić information content (AvgIpc) is 2.94. The third-order valence-electron chi connectivity index (χ3n) is 2.77. The SMILES string of the molecule is CNCc1cc(F)c(F)c(S(=O)(=O)NCc2ccsc2)c1. The van der Waals surface area contributed by atoms with Crippen molar-refractivity contribution in [2.24, 2.45) is 0 Å². The van der Waals surface area contributed by atoms with E-state index in [0.717, 1.165) is 17.7 Å². The van der Waals surface area contributed by atoms with Gasteiger partial charge in [-0.3, -0.25) is 0 Å². The number of thiophene rings is 1. The zero-order chi connectivity index (χ0) is 15.5. The molecule has 0 unspecified atom stereocenters. The van der Waals surface area contributed by atoms with Gasteiger partial charge in [0.2, 0.25) is 10.0 Å². The largest absolute Gasteiger partial charge is 0.316 e. The zero-order valence-electron chi connectivity index (χ0n) is 11.2. The monoisotopic (exact) mass is 332 g/mol. The van der Waals surface area contributed by atoms with Gasteiger partial charge in [-0.1, -0.05) is 0 Å². The fourth-order valence-corrected chi connectivity index (χ4v) is 3.59. The van der Waals surface area contributed by atoms with E-state index in [1.165, 1.54) is 11.3 Å². The van der Waals surface area contributed by atoms with Crippen LogP contribution in [0.3, 0.4) is 0 Å². The molecule has 0 aliphatic carbocycles. The minimum atomic E-state index is -4.12. The molecular weight excluding hydrogens is 318 g/mol. The summed E-state index contributed by atoms with van der Waals surface area (Å²) in [5, 5.41) is 6.34. The molecule has 1 heterocycles. The molecule has 2 N–H and O–H groups in total. The number of nitrogens with one attached hydrogen (secondary N) is 2. The van der Waals surface area contributed by atoms with Crippen molar-refractivity contribution >= 4 is 21.4 Å². The summed E-state index contributed by atoms with van der Waals surface area (Å²) in [5.41, 5.74) is 1.11. The van der Waals surface area contributed by atoms with Gasteiger partial charge in [-0.25, -0.2) is 21.9 Å². The second kappa shape index (κ2) is 6.61. The summed E-state index contributed by atoms with van der Waals surface area (Å²) in [6, 6.07) is 3.86. The molecule has 0 bridgehead atoms. The number of hydrogen-bond acceptors (Lipinski definition) is 4. The summed E-state index contributed by atoms with van der Waals surface area (Å²) in [7, 11) is -2.49. The summed E-state index contributed by atoms with van der Waals surface area (Å²) in [5.74, 6) is -2.55. The maximum Gasteiger partial charge on any atom is 0.243 e. The van der Waals surface area contributed by atoms with E-state index in [4.69, 9.17) is 0 Å². The van der Waals surface area contributed by atoms with Gasteiger partial charge in [0.25, 0.3) is 0 Å². The molecule has 0 spiro atoms. The van der Waals surface area contributed by atoms with Crippen LogP contribution in [-0.2, 0) is 23.1 Å². The van der Waals surface area contributed by atoms with Gasteiger partial charge in [0, 0.05) is 13.1 Å². The molecule has 1 aromatic heterocycles. The predicted molar refractivity (Wildman–Crippen MR) is 77.5 cm³/mol. The van der Waals surface area contributed by atoms with Gasteiger partial charge in [-0.15, -0.1) is 0 Å². The van der Waals surface area contributed by atoms with E-state index < -0.39 is 26.6 Å². The van der Waals surface area contributed by atoms with E-state index in [2.05, 4.69) is 10.0 Å². The molecule has 4 nitrogen and oxygen atoms in total. The molecule has 0 saturated heterocycles. The first kappa shape index (κ1) is 16.0. The van der Waals surface area contributed by atoms with Crippen LogP contribution in [0, 0.1) is 11.6 Å². The quantitative estimate of drug-likeness (QED) is 0.853. The highest BCUT2D eigenvalue weighted by Gasteiger charge is 2.22. The minimum absolute atomic E-state index is 0.0309. The Hall–Kier alpha value is -1.35. The first-order valence-electron chi connectivity index (χ1n) is 6.07. The van der Waals surface area contributed by atoms with Crippen LogP contribution in [0.5, 0.6) is 0 Å². The average molecular weight is 332 g/mol. The number of sulfonamides is 1. The fraction of sp³-hybridized carbons (Fsp3) is 0.231. The van der Waals surface area contributed by atoms with Crippen molar-refractivity contribution in [3.63, 3.8) is 0 Å². The first-order chi connectivity index (χ1) is 9.94. The van der Waals surface area contributed by atoms with E-state index in [1.807, 2.05) is 0 Å². The van der Waals surface area contributed by atoms with Crippen LogP contribution >= 0.6 is 11.3 Å². The summed E-state index contributed by atoms with van der Waals surface area (Å²) in [6.07, 6.45) is 0. The molecule has 2 rings (SSSR count). The number of benzene rings is 1. The smallest absolute Gasteiger partial charge is 0.243 e. The number of hydrogen-bond donors (Lipinski definition) is 2. The Balaban J connectivity index is 2.30. The summed E-state index contributed by atoms with van der Waals surface area (Å²) in [4.78, 5) is -0.678. The molecule has 2 aromatic rings. The highest BCUT2D eigenvalue weighted by molar-refractivity contribution is 7.89. The Kier molecular flexibility index (Phi) is 5.04. The molecule has 114 valence electrons. The lowest BCUT2D eigenvalue weighted by molar-refractivity contribution is 0.480. The van der Waals surface area contributed by atoms with Crippen LogP contribution in [0.2, 0.25) is 0 Å².